The Morgan fingerprint density at radius 2 is 1.74 bits per heavy atom. The van der Waals surface area contributed by atoms with Gasteiger partial charge >= 0.3 is 0 Å². The minimum absolute atomic E-state index is 0.0433. The van der Waals surface area contributed by atoms with Crippen molar-refractivity contribution >= 4 is 22.8 Å². The highest BCUT2D eigenvalue weighted by molar-refractivity contribution is 5.74. The Hall–Kier alpha value is -2.97. The Kier molecular flexibility index (Phi) is 3.46. The van der Waals surface area contributed by atoms with Crippen LogP contribution in [0, 0.1) is 18.8 Å². The monoisotopic (exact) mass is 366 g/mol. The number of aryl methyl sites for hydroxylation is 2. The highest BCUT2D eigenvalue weighted by Crippen LogP contribution is 2.35. The zero-order chi connectivity index (χ0) is 18.7. The molecular weight excluding hydrogens is 344 g/mol. The Labute approximate surface area is 156 Å². The van der Waals surface area contributed by atoms with Crippen molar-refractivity contribution in [2.75, 3.05) is 36.0 Å². The van der Waals surface area contributed by atoms with E-state index < -0.39 is 0 Å². The van der Waals surface area contributed by atoms with Crippen molar-refractivity contribution < 1.29 is 0 Å². The average Bonchev–Trinajstić information content (AvgIpc) is 3.31. The molecule has 9 heteroatoms. The van der Waals surface area contributed by atoms with E-state index in [2.05, 4.69) is 24.9 Å². The van der Waals surface area contributed by atoms with Crippen LogP contribution < -0.4 is 15.4 Å². The molecule has 0 spiro atoms. The van der Waals surface area contributed by atoms with Crippen LogP contribution in [0.5, 0.6) is 0 Å². The molecule has 0 radical (unpaired) electrons. The van der Waals surface area contributed by atoms with Crippen molar-refractivity contribution in [3.8, 4) is 0 Å². The second-order valence-electron chi connectivity index (χ2n) is 7.63. The first-order valence-corrected chi connectivity index (χ1v) is 9.18. The van der Waals surface area contributed by atoms with Crippen molar-refractivity contribution in [1.29, 1.82) is 0 Å². The molecule has 0 N–H and O–H groups in total. The van der Waals surface area contributed by atoms with Crippen molar-refractivity contribution in [3.63, 3.8) is 0 Å². The lowest BCUT2D eigenvalue weighted by Crippen LogP contribution is -2.33. The standard InChI is InChI=1S/C18H22N8O/c1-11-4-15(20-10-19-11)25-6-12-8-26(9-13(12)7-25)18-22-16-14(5-21-24(16)3)17(27)23(18)2/h4-5,10,12-13H,6-9H2,1-3H3. The Balaban J connectivity index is 1.40. The third-order valence-corrected chi connectivity index (χ3v) is 5.83. The summed E-state index contributed by atoms with van der Waals surface area (Å²) in [4.78, 5) is 30.6. The second kappa shape index (κ2) is 5.77. The molecule has 140 valence electrons. The normalized spacial score (nSPS) is 22.0. The van der Waals surface area contributed by atoms with E-state index in [9.17, 15) is 4.79 Å². The highest BCUT2D eigenvalue weighted by atomic mass is 16.1. The zero-order valence-corrected chi connectivity index (χ0v) is 15.7. The van der Waals surface area contributed by atoms with Gasteiger partial charge in [-0.05, 0) is 6.92 Å². The summed E-state index contributed by atoms with van der Waals surface area (Å²) in [7, 11) is 3.61. The number of hydrogen-bond acceptors (Lipinski definition) is 7. The molecule has 0 amide bonds. The summed E-state index contributed by atoms with van der Waals surface area (Å²) in [6, 6.07) is 2.04. The lowest BCUT2D eigenvalue weighted by atomic mass is 10.0. The van der Waals surface area contributed by atoms with E-state index in [4.69, 9.17) is 4.98 Å². The van der Waals surface area contributed by atoms with Crippen LogP contribution in [0.3, 0.4) is 0 Å². The van der Waals surface area contributed by atoms with E-state index >= 15 is 0 Å². The lowest BCUT2D eigenvalue weighted by molar-refractivity contribution is 0.533. The molecule has 0 aromatic carbocycles. The molecule has 0 saturated carbocycles. The zero-order valence-electron chi connectivity index (χ0n) is 15.7. The SMILES string of the molecule is Cc1cc(N2CC3CN(c4nc5c(cnn5C)c(=O)n4C)CC3C2)ncn1. The summed E-state index contributed by atoms with van der Waals surface area (Å²) in [6.45, 7) is 5.73. The fourth-order valence-electron chi connectivity index (χ4n) is 4.40. The quantitative estimate of drug-likeness (QED) is 0.646. The molecule has 3 aromatic heterocycles. The third kappa shape index (κ3) is 2.48. The van der Waals surface area contributed by atoms with Gasteiger partial charge in [0.05, 0.1) is 6.20 Å². The van der Waals surface area contributed by atoms with Gasteiger partial charge < -0.3 is 9.80 Å². The van der Waals surface area contributed by atoms with Crippen LogP contribution in [0.15, 0.2) is 23.4 Å². The molecular formula is C18H22N8O. The molecule has 5 rings (SSSR count). The number of nitrogens with zero attached hydrogens (tertiary/aromatic N) is 8. The first kappa shape index (κ1) is 16.2. The van der Waals surface area contributed by atoms with Crippen LogP contribution in [-0.2, 0) is 14.1 Å². The maximum absolute atomic E-state index is 12.7. The maximum atomic E-state index is 12.7. The van der Waals surface area contributed by atoms with Gasteiger partial charge in [0.15, 0.2) is 5.65 Å². The molecule has 2 atom stereocenters. The summed E-state index contributed by atoms with van der Waals surface area (Å²) in [6.07, 6.45) is 3.22. The van der Waals surface area contributed by atoms with Crippen molar-refractivity contribution in [2.24, 2.45) is 25.9 Å². The van der Waals surface area contributed by atoms with Crippen LogP contribution in [0.1, 0.15) is 5.69 Å². The van der Waals surface area contributed by atoms with Gasteiger partial charge in [-0.15, -0.1) is 0 Å². The van der Waals surface area contributed by atoms with Gasteiger partial charge in [-0.1, -0.05) is 0 Å². The first-order chi connectivity index (χ1) is 13.0. The fraction of sp³-hybridized carbons (Fsp3) is 0.500. The summed E-state index contributed by atoms with van der Waals surface area (Å²) < 4.78 is 3.31. The van der Waals surface area contributed by atoms with Crippen LogP contribution in [0.4, 0.5) is 11.8 Å². The molecule has 2 aliphatic heterocycles. The second-order valence-corrected chi connectivity index (χ2v) is 7.63. The molecule has 2 aliphatic rings. The molecule has 0 aliphatic carbocycles. The van der Waals surface area contributed by atoms with Gasteiger partial charge in [0.1, 0.15) is 17.5 Å². The minimum Gasteiger partial charge on any atom is -0.356 e. The number of rotatable bonds is 2. The van der Waals surface area contributed by atoms with E-state index in [0.717, 1.165) is 43.6 Å². The van der Waals surface area contributed by atoms with Gasteiger partial charge in [0, 0.05) is 63.9 Å². The van der Waals surface area contributed by atoms with E-state index in [-0.39, 0.29) is 5.56 Å². The lowest BCUT2D eigenvalue weighted by Gasteiger charge is -2.24. The Morgan fingerprint density at radius 1 is 1.04 bits per heavy atom. The fourth-order valence-corrected chi connectivity index (χ4v) is 4.40. The van der Waals surface area contributed by atoms with Crippen LogP contribution in [0.2, 0.25) is 0 Å². The summed E-state index contributed by atoms with van der Waals surface area (Å²) in [5.74, 6) is 2.82. The molecule has 27 heavy (non-hydrogen) atoms. The molecule has 0 bridgehead atoms. The third-order valence-electron chi connectivity index (χ3n) is 5.83. The predicted octanol–water partition coefficient (Wildman–Crippen LogP) is 0.338. The topological polar surface area (TPSA) is 85.0 Å². The minimum atomic E-state index is -0.0433. The van der Waals surface area contributed by atoms with Crippen molar-refractivity contribution in [3.05, 3.63) is 34.6 Å². The number of anilines is 2. The molecule has 9 nitrogen and oxygen atoms in total. The summed E-state index contributed by atoms with van der Waals surface area (Å²) >= 11 is 0. The number of fused-ring (bicyclic) bond motifs is 2. The Bertz CT molecular complexity index is 1070. The highest BCUT2D eigenvalue weighted by Gasteiger charge is 2.41. The van der Waals surface area contributed by atoms with Crippen LogP contribution in [0.25, 0.3) is 11.0 Å². The van der Waals surface area contributed by atoms with Gasteiger partial charge in [-0.25, -0.2) is 9.97 Å². The largest absolute Gasteiger partial charge is 0.356 e. The number of aromatic nitrogens is 6. The smallest absolute Gasteiger partial charge is 0.265 e. The first-order valence-electron chi connectivity index (χ1n) is 9.18. The van der Waals surface area contributed by atoms with Crippen LogP contribution in [-0.4, -0.2) is 55.5 Å². The van der Waals surface area contributed by atoms with Crippen molar-refractivity contribution in [1.82, 2.24) is 29.3 Å². The van der Waals surface area contributed by atoms with Crippen molar-refractivity contribution in [2.45, 2.75) is 6.92 Å². The van der Waals surface area contributed by atoms with E-state index in [1.165, 1.54) is 0 Å². The van der Waals surface area contributed by atoms with Crippen LogP contribution >= 0.6 is 0 Å². The van der Waals surface area contributed by atoms with E-state index in [1.54, 1.807) is 28.8 Å². The molecule has 3 aromatic rings. The Morgan fingerprint density at radius 3 is 2.44 bits per heavy atom. The predicted molar refractivity (Wildman–Crippen MR) is 102 cm³/mol. The van der Waals surface area contributed by atoms with E-state index in [1.807, 2.05) is 20.0 Å². The molecule has 5 heterocycles. The van der Waals surface area contributed by atoms with Gasteiger partial charge in [-0.2, -0.15) is 10.1 Å². The molecule has 2 fully saturated rings. The number of hydrogen-bond donors (Lipinski definition) is 0. The molecule has 2 saturated heterocycles. The van der Waals surface area contributed by atoms with E-state index in [0.29, 0.717) is 22.9 Å². The van der Waals surface area contributed by atoms with Gasteiger partial charge in [0.25, 0.3) is 5.56 Å². The maximum Gasteiger partial charge on any atom is 0.265 e. The average molecular weight is 366 g/mol. The van der Waals surface area contributed by atoms with Gasteiger partial charge in [0.2, 0.25) is 5.95 Å². The van der Waals surface area contributed by atoms with Gasteiger partial charge in [-0.3, -0.25) is 14.0 Å². The molecule has 2 unspecified atom stereocenters. The summed E-state index contributed by atoms with van der Waals surface area (Å²) in [5, 5.41) is 4.74. The summed E-state index contributed by atoms with van der Waals surface area (Å²) in [5.41, 5.74) is 1.59.